The molecule has 0 aliphatic rings. The number of aromatic carboxylic acids is 2. The lowest BCUT2D eigenvalue weighted by atomic mass is 10.1. The fraction of sp³-hybridized carbons (Fsp3) is 0. The van der Waals surface area contributed by atoms with Gasteiger partial charge < -0.3 is 21.1 Å². The van der Waals surface area contributed by atoms with Crippen LogP contribution in [0, 0.1) is 0 Å². The molecule has 0 fully saturated rings. The topological polar surface area (TPSA) is 254 Å². The zero-order valence-corrected chi connectivity index (χ0v) is 18.1. The minimum absolute atomic E-state index is 0.306. The number of nitrogens with two attached hydrogens (primary N) is 1. The Morgan fingerprint density at radius 2 is 1.35 bits per heavy atom. The third kappa shape index (κ3) is 4.79. The number of azo groups is 1. The highest BCUT2D eigenvalue weighted by molar-refractivity contribution is 7.86. The highest BCUT2D eigenvalue weighted by atomic mass is 32.2. The minimum atomic E-state index is -5.11. The second kappa shape index (κ2) is 8.34. The van der Waals surface area contributed by atoms with Crippen LogP contribution in [0.5, 0.6) is 5.75 Å². The van der Waals surface area contributed by atoms with Crippen molar-refractivity contribution < 1.29 is 50.8 Å². The molecule has 0 saturated carbocycles. The molecule has 34 heavy (non-hydrogen) atoms. The summed E-state index contributed by atoms with van der Waals surface area (Å²) < 4.78 is 65.5. The van der Waals surface area contributed by atoms with Gasteiger partial charge >= 0.3 is 11.9 Å². The number of carboxylic acids is 2. The van der Waals surface area contributed by atoms with Crippen molar-refractivity contribution in [1.29, 1.82) is 0 Å². The first-order valence-corrected chi connectivity index (χ1v) is 11.5. The lowest BCUT2D eigenvalue weighted by Crippen LogP contribution is -2.03. The van der Waals surface area contributed by atoms with Crippen LogP contribution in [0.3, 0.4) is 0 Å². The van der Waals surface area contributed by atoms with Crippen molar-refractivity contribution in [3.8, 4) is 5.75 Å². The molecule has 178 valence electrons. The summed E-state index contributed by atoms with van der Waals surface area (Å²) >= 11 is 0. The van der Waals surface area contributed by atoms with Gasteiger partial charge in [-0.15, -0.1) is 5.11 Å². The van der Waals surface area contributed by atoms with Crippen LogP contribution in [0.4, 0.5) is 17.1 Å². The smallest absolute Gasteiger partial charge is 0.335 e. The molecule has 0 amide bonds. The van der Waals surface area contributed by atoms with Gasteiger partial charge in [0.05, 0.1) is 21.7 Å². The minimum Gasteiger partial charge on any atom is -0.505 e. The Balaban J connectivity index is 2.32. The summed E-state index contributed by atoms with van der Waals surface area (Å²) in [6.45, 7) is 0. The number of benzene rings is 3. The molecule has 3 aromatic rings. The van der Waals surface area contributed by atoms with E-state index in [1.165, 1.54) is 0 Å². The number of nitrogens with zero attached hydrogens (tertiary/aromatic N) is 2. The fourth-order valence-corrected chi connectivity index (χ4v) is 4.17. The molecule has 0 aromatic heterocycles. The Kier molecular flexibility index (Phi) is 6.02. The van der Waals surface area contributed by atoms with E-state index in [0.717, 1.165) is 30.3 Å². The van der Waals surface area contributed by atoms with Crippen LogP contribution < -0.4 is 5.73 Å². The van der Waals surface area contributed by atoms with Crippen molar-refractivity contribution in [1.82, 2.24) is 0 Å². The molecule has 0 heterocycles. The van der Waals surface area contributed by atoms with Gasteiger partial charge in [-0.25, -0.2) is 9.59 Å². The maximum absolute atomic E-state index is 11.9. The van der Waals surface area contributed by atoms with Crippen LogP contribution in [-0.2, 0) is 20.2 Å². The average molecular weight is 511 g/mol. The largest absolute Gasteiger partial charge is 0.505 e. The van der Waals surface area contributed by atoms with Gasteiger partial charge in [-0.1, -0.05) is 0 Å². The highest BCUT2D eigenvalue weighted by Gasteiger charge is 2.25. The number of fused-ring (bicyclic) bond motifs is 1. The molecule has 0 atom stereocenters. The first-order valence-electron chi connectivity index (χ1n) is 8.67. The molecule has 0 aliphatic heterocycles. The van der Waals surface area contributed by atoms with E-state index in [1.54, 1.807) is 0 Å². The molecule has 7 N–H and O–H groups in total. The van der Waals surface area contributed by atoms with E-state index in [2.05, 4.69) is 10.2 Å². The van der Waals surface area contributed by atoms with E-state index in [9.17, 15) is 40.6 Å². The monoisotopic (exact) mass is 511 g/mol. The van der Waals surface area contributed by atoms with E-state index in [-0.39, 0.29) is 16.5 Å². The van der Waals surface area contributed by atoms with Crippen molar-refractivity contribution in [3.63, 3.8) is 0 Å². The molecule has 0 radical (unpaired) electrons. The predicted octanol–water partition coefficient (Wildman–Crippen LogP) is 2.43. The summed E-state index contributed by atoms with van der Waals surface area (Å²) in [5.41, 5.74) is 3.16. The molecule has 0 saturated heterocycles. The molecule has 3 rings (SSSR count). The summed E-state index contributed by atoms with van der Waals surface area (Å²) in [7, 11) is -9.88. The molecular formula is C18H13N3O11S2. The van der Waals surface area contributed by atoms with E-state index >= 15 is 0 Å². The normalized spacial score (nSPS) is 12.3. The second-order valence-electron chi connectivity index (χ2n) is 6.71. The van der Waals surface area contributed by atoms with Crippen LogP contribution in [0.2, 0.25) is 0 Å². The van der Waals surface area contributed by atoms with E-state index in [1.807, 2.05) is 0 Å². The van der Waals surface area contributed by atoms with Crippen LogP contribution >= 0.6 is 0 Å². The lowest BCUT2D eigenvalue weighted by molar-refractivity contribution is 0.0696. The molecule has 0 bridgehead atoms. The first-order chi connectivity index (χ1) is 15.6. The number of phenolic OH excluding ortho intramolecular Hbond substituents is 1. The third-order valence-electron chi connectivity index (χ3n) is 4.41. The van der Waals surface area contributed by atoms with Gasteiger partial charge in [-0.05, 0) is 41.8 Å². The second-order valence-corrected chi connectivity index (χ2v) is 9.52. The number of aromatic hydroxyl groups is 1. The molecule has 0 spiro atoms. The first kappa shape index (κ1) is 24.5. The summed E-state index contributed by atoms with van der Waals surface area (Å²) in [6, 6.07) is 4.94. The predicted molar refractivity (Wildman–Crippen MR) is 114 cm³/mol. The maximum Gasteiger partial charge on any atom is 0.335 e. The zero-order valence-electron chi connectivity index (χ0n) is 16.4. The Morgan fingerprint density at radius 1 is 0.794 bits per heavy atom. The average Bonchev–Trinajstić information content (AvgIpc) is 2.70. The van der Waals surface area contributed by atoms with Gasteiger partial charge in [-0.3, -0.25) is 9.11 Å². The summed E-state index contributed by atoms with van der Waals surface area (Å²) in [4.78, 5) is 20.7. The van der Waals surface area contributed by atoms with E-state index < -0.39 is 70.2 Å². The molecule has 3 aromatic carbocycles. The van der Waals surface area contributed by atoms with E-state index in [0.29, 0.717) is 6.07 Å². The standard InChI is InChI=1S/C18H13N3O11S2/c19-12-6-11(33(27,28)29)4-7-5-13(34(30,31)32)15(16(22)14(7)12)21-20-10-2-8(17(23)24)1-9(3-10)18(25)26/h1-6,22H,19H2,(H,23,24)(H,25,26)(H,27,28,29)(H,30,31,32). The van der Waals surface area contributed by atoms with Gasteiger partial charge in [0.2, 0.25) is 0 Å². The van der Waals surface area contributed by atoms with Gasteiger partial charge in [-0.2, -0.15) is 21.9 Å². The summed E-state index contributed by atoms with van der Waals surface area (Å²) in [5.74, 6) is -3.94. The Morgan fingerprint density at radius 3 is 1.82 bits per heavy atom. The number of carboxylic acid groups (broad SMARTS) is 2. The number of hydrogen-bond donors (Lipinski definition) is 6. The molecule has 16 heteroatoms. The van der Waals surface area contributed by atoms with Gasteiger partial charge in [0, 0.05) is 11.1 Å². The van der Waals surface area contributed by atoms with Gasteiger partial charge in [0.15, 0.2) is 5.75 Å². The number of carbonyl (C=O) groups is 2. The van der Waals surface area contributed by atoms with Crippen LogP contribution in [-0.4, -0.2) is 53.2 Å². The van der Waals surface area contributed by atoms with Crippen molar-refractivity contribution in [2.75, 3.05) is 5.73 Å². The van der Waals surface area contributed by atoms with E-state index in [4.69, 9.17) is 15.9 Å². The molecule has 14 nitrogen and oxygen atoms in total. The Hall–Kier alpha value is -4.12. The van der Waals surface area contributed by atoms with Crippen LogP contribution in [0.15, 0.2) is 56.4 Å². The molecule has 0 aliphatic carbocycles. The quantitative estimate of drug-likeness (QED) is 0.158. The fourth-order valence-electron chi connectivity index (χ4n) is 2.96. The maximum atomic E-state index is 11.9. The number of rotatable bonds is 6. The number of anilines is 1. The molecular weight excluding hydrogens is 498 g/mol. The Bertz CT molecular complexity index is 1600. The van der Waals surface area contributed by atoms with Crippen LogP contribution in [0.1, 0.15) is 20.7 Å². The third-order valence-corrected chi connectivity index (χ3v) is 6.11. The number of hydrogen-bond acceptors (Lipinski definition) is 10. The van der Waals surface area contributed by atoms with Crippen molar-refractivity contribution >= 4 is 60.0 Å². The molecule has 0 unspecified atom stereocenters. The lowest BCUT2D eigenvalue weighted by Gasteiger charge is -2.12. The summed E-state index contributed by atoms with van der Waals surface area (Å²) in [6.07, 6.45) is 0. The highest BCUT2D eigenvalue weighted by Crippen LogP contribution is 2.44. The number of nitrogen functional groups attached to an aromatic ring is 1. The van der Waals surface area contributed by atoms with Crippen molar-refractivity contribution in [3.05, 3.63) is 47.5 Å². The number of phenols is 1. The van der Waals surface area contributed by atoms with Gasteiger partial charge in [0.1, 0.15) is 10.6 Å². The van der Waals surface area contributed by atoms with Crippen LogP contribution in [0.25, 0.3) is 10.8 Å². The SMILES string of the molecule is Nc1cc(S(=O)(=O)O)cc2cc(S(=O)(=O)O)c(N=Nc3cc(C(=O)O)cc(C(=O)O)c3)c(O)c12. The van der Waals surface area contributed by atoms with Crippen molar-refractivity contribution in [2.24, 2.45) is 10.2 Å². The Labute approximate surface area is 190 Å². The van der Waals surface area contributed by atoms with Crippen molar-refractivity contribution in [2.45, 2.75) is 9.79 Å². The summed E-state index contributed by atoms with van der Waals surface area (Å²) in [5, 5.41) is 35.4. The van der Waals surface area contributed by atoms with Gasteiger partial charge in [0.25, 0.3) is 20.2 Å². The zero-order chi connectivity index (χ0) is 25.6.